The predicted octanol–water partition coefficient (Wildman–Crippen LogP) is 3.04. The van der Waals surface area contributed by atoms with Crippen LogP contribution < -0.4 is 14.2 Å². The van der Waals surface area contributed by atoms with Crippen LogP contribution in [0.25, 0.3) is 0 Å². The lowest BCUT2D eigenvalue weighted by molar-refractivity contribution is 0.144. The second-order valence-corrected chi connectivity index (χ2v) is 5.36. The highest BCUT2D eigenvalue weighted by atomic mass is 16.7. The molecule has 0 aromatic heterocycles. The molecule has 1 aliphatic heterocycles. The molecule has 0 amide bonds. The van der Waals surface area contributed by atoms with Gasteiger partial charge in [0.05, 0.1) is 13.2 Å². The van der Waals surface area contributed by atoms with E-state index in [1.54, 1.807) is 7.11 Å². The zero-order valence-corrected chi connectivity index (χ0v) is 11.2. The minimum atomic E-state index is -0.452. The summed E-state index contributed by atoms with van der Waals surface area (Å²) in [6.45, 7) is 0.216. The van der Waals surface area contributed by atoms with E-state index in [-0.39, 0.29) is 6.79 Å². The van der Waals surface area contributed by atoms with Crippen molar-refractivity contribution in [3.63, 3.8) is 0 Å². The number of rotatable bonds is 4. The van der Waals surface area contributed by atoms with E-state index >= 15 is 0 Å². The molecule has 1 saturated carbocycles. The monoisotopic (exact) mass is 264 g/mol. The smallest absolute Gasteiger partial charge is 0.231 e. The zero-order chi connectivity index (χ0) is 13.2. The van der Waals surface area contributed by atoms with Gasteiger partial charge in [-0.05, 0) is 30.0 Å². The summed E-state index contributed by atoms with van der Waals surface area (Å²) in [5, 5.41) is 10.4. The van der Waals surface area contributed by atoms with E-state index in [9.17, 15) is 5.11 Å². The molecule has 2 aliphatic rings. The van der Waals surface area contributed by atoms with E-state index in [1.807, 2.05) is 12.1 Å². The lowest BCUT2D eigenvalue weighted by Gasteiger charge is -2.17. The summed E-state index contributed by atoms with van der Waals surface area (Å²) >= 11 is 0. The normalized spacial score (nSPS) is 19.7. The van der Waals surface area contributed by atoms with Gasteiger partial charge in [0.15, 0.2) is 11.5 Å². The molecule has 104 valence electrons. The van der Waals surface area contributed by atoms with Crippen molar-refractivity contribution in [2.75, 3.05) is 13.9 Å². The SMILES string of the molecule is COc1cc(C(O)CC2CCCC2)cc2c1OCO2. The first-order chi connectivity index (χ1) is 9.28. The van der Waals surface area contributed by atoms with Crippen LogP contribution in [-0.2, 0) is 0 Å². The number of aliphatic hydroxyl groups is 1. The van der Waals surface area contributed by atoms with Crippen LogP contribution in [0.2, 0.25) is 0 Å². The Balaban J connectivity index is 1.79. The summed E-state index contributed by atoms with van der Waals surface area (Å²) in [6.07, 6.45) is 5.43. The largest absolute Gasteiger partial charge is 0.493 e. The van der Waals surface area contributed by atoms with Crippen molar-refractivity contribution in [2.24, 2.45) is 5.92 Å². The fourth-order valence-corrected chi connectivity index (χ4v) is 3.04. The molecule has 0 radical (unpaired) electrons. The first kappa shape index (κ1) is 12.6. The molecule has 0 bridgehead atoms. The molecule has 1 atom stereocenters. The number of ether oxygens (including phenoxy) is 3. The molecule has 19 heavy (non-hydrogen) atoms. The van der Waals surface area contributed by atoms with E-state index in [2.05, 4.69) is 0 Å². The molecule has 0 saturated heterocycles. The van der Waals surface area contributed by atoms with Crippen molar-refractivity contribution in [2.45, 2.75) is 38.2 Å². The van der Waals surface area contributed by atoms with Crippen LogP contribution >= 0.6 is 0 Å². The van der Waals surface area contributed by atoms with E-state index in [0.717, 1.165) is 12.0 Å². The van der Waals surface area contributed by atoms with Gasteiger partial charge in [0.25, 0.3) is 0 Å². The maximum atomic E-state index is 10.4. The molecule has 1 aromatic rings. The van der Waals surface area contributed by atoms with E-state index < -0.39 is 6.10 Å². The second-order valence-electron chi connectivity index (χ2n) is 5.36. The minimum Gasteiger partial charge on any atom is -0.493 e. The highest BCUT2D eigenvalue weighted by Crippen LogP contribution is 2.44. The Morgan fingerprint density at radius 3 is 2.84 bits per heavy atom. The number of fused-ring (bicyclic) bond motifs is 1. The average Bonchev–Trinajstić information content (AvgIpc) is 3.07. The van der Waals surface area contributed by atoms with Gasteiger partial charge >= 0.3 is 0 Å². The Kier molecular flexibility index (Phi) is 3.51. The molecular formula is C15H20O4. The maximum Gasteiger partial charge on any atom is 0.231 e. The molecule has 1 heterocycles. The Hall–Kier alpha value is -1.42. The van der Waals surface area contributed by atoms with Crippen molar-refractivity contribution >= 4 is 0 Å². The molecule has 0 spiro atoms. The maximum absolute atomic E-state index is 10.4. The van der Waals surface area contributed by atoms with Crippen LogP contribution in [0.3, 0.4) is 0 Å². The van der Waals surface area contributed by atoms with Gasteiger partial charge < -0.3 is 19.3 Å². The lowest BCUT2D eigenvalue weighted by Crippen LogP contribution is -2.04. The Morgan fingerprint density at radius 2 is 2.11 bits per heavy atom. The summed E-state index contributed by atoms with van der Waals surface area (Å²) in [7, 11) is 1.60. The third-order valence-electron chi connectivity index (χ3n) is 4.10. The topological polar surface area (TPSA) is 47.9 Å². The van der Waals surface area contributed by atoms with Crippen LogP contribution in [-0.4, -0.2) is 19.0 Å². The third kappa shape index (κ3) is 2.50. The highest BCUT2D eigenvalue weighted by Gasteiger charge is 2.24. The van der Waals surface area contributed by atoms with Crippen molar-refractivity contribution in [3.8, 4) is 17.2 Å². The van der Waals surface area contributed by atoms with Crippen LogP contribution in [0.5, 0.6) is 17.2 Å². The number of hydrogen-bond acceptors (Lipinski definition) is 4. The number of methoxy groups -OCH3 is 1. The van der Waals surface area contributed by atoms with E-state index in [0.29, 0.717) is 23.2 Å². The van der Waals surface area contributed by atoms with Crippen molar-refractivity contribution in [3.05, 3.63) is 17.7 Å². The van der Waals surface area contributed by atoms with Crippen LogP contribution in [0, 0.1) is 5.92 Å². The van der Waals surface area contributed by atoms with Crippen molar-refractivity contribution in [1.29, 1.82) is 0 Å². The highest BCUT2D eigenvalue weighted by molar-refractivity contribution is 5.55. The van der Waals surface area contributed by atoms with Crippen molar-refractivity contribution < 1.29 is 19.3 Å². The van der Waals surface area contributed by atoms with Crippen LogP contribution in [0.4, 0.5) is 0 Å². The third-order valence-corrected chi connectivity index (χ3v) is 4.10. The van der Waals surface area contributed by atoms with Gasteiger partial charge in [0.2, 0.25) is 12.5 Å². The number of hydrogen-bond donors (Lipinski definition) is 1. The molecule has 1 aromatic carbocycles. The quantitative estimate of drug-likeness (QED) is 0.908. The summed E-state index contributed by atoms with van der Waals surface area (Å²) in [5.74, 6) is 2.58. The number of benzene rings is 1. The standard InChI is InChI=1S/C15H20O4/c1-17-13-7-11(8-14-15(13)19-9-18-14)12(16)6-10-4-2-3-5-10/h7-8,10,12,16H,2-6,9H2,1H3. The summed E-state index contributed by atoms with van der Waals surface area (Å²) < 4.78 is 16.0. The molecule has 1 aliphatic carbocycles. The molecule has 3 rings (SSSR count). The average molecular weight is 264 g/mol. The van der Waals surface area contributed by atoms with Crippen LogP contribution in [0.15, 0.2) is 12.1 Å². The van der Waals surface area contributed by atoms with Gasteiger partial charge in [-0.2, -0.15) is 0 Å². The Labute approximate surface area is 113 Å². The Bertz CT molecular complexity index is 452. The zero-order valence-electron chi connectivity index (χ0n) is 11.2. The van der Waals surface area contributed by atoms with Gasteiger partial charge in [-0.1, -0.05) is 25.7 Å². The van der Waals surface area contributed by atoms with Gasteiger partial charge in [0, 0.05) is 0 Å². The van der Waals surface area contributed by atoms with Crippen LogP contribution in [0.1, 0.15) is 43.8 Å². The molecule has 1 unspecified atom stereocenters. The molecule has 4 heteroatoms. The van der Waals surface area contributed by atoms with E-state index in [4.69, 9.17) is 14.2 Å². The van der Waals surface area contributed by atoms with Gasteiger partial charge in [-0.15, -0.1) is 0 Å². The fourth-order valence-electron chi connectivity index (χ4n) is 3.04. The molecular weight excluding hydrogens is 244 g/mol. The van der Waals surface area contributed by atoms with Gasteiger partial charge in [0.1, 0.15) is 0 Å². The summed E-state index contributed by atoms with van der Waals surface area (Å²) in [5.41, 5.74) is 0.855. The van der Waals surface area contributed by atoms with Gasteiger partial charge in [-0.25, -0.2) is 0 Å². The number of aliphatic hydroxyl groups excluding tert-OH is 1. The first-order valence-electron chi connectivity index (χ1n) is 6.93. The summed E-state index contributed by atoms with van der Waals surface area (Å²) in [4.78, 5) is 0. The van der Waals surface area contributed by atoms with Crippen molar-refractivity contribution in [1.82, 2.24) is 0 Å². The predicted molar refractivity (Wildman–Crippen MR) is 70.7 cm³/mol. The summed E-state index contributed by atoms with van der Waals surface area (Å²) in [6, 6.07) is 3.72. The first-order valence-corrected chi connectivity index (χ1v) is 6.93. The van der Waals surface area contributed by atoms with E-state index in [1.165, 1.54) is 25.7 Å². The second kappa shape index (κ2) is 5.29. The minimum absolute atomic E-state index is 0.216. The molecule has 4 nitrogen and oxygen atoms in total. The molecule has 1 fully saturated rings. The Morgan fingerprint density at radius 1 is 1.32 bits per heavy atom. The molecule has 1 N–H and O–H groups in total. The fraction of sp³-hybridized carbons (Fsp3) is 0.600. The van der Waals surface area contributed by atoms with Gasteiger partial charge in [-0.3, -0.25) is 0 Å². The lowest BCUT2D eigenvalue weighted by atomic mass is 9.95.